The molecule has 1 aliphatic rings. The maximum Gasteiger partial charge on any atom is 0.469 e. The molecule has 0 radical (unpaired) electrons. The molecule has 1 aliphatic heterocycles. The quantitative estimate of drug-likeness (QED) is 0.429. The van der Waals surface area contributed by atoms with Crippen LogP contribution < -0.4 is 0 Å². The Morgan fingerprint density at radius 2 is 2.29 bits per heavy atom. The molecule has 0 spiro atoms. The van der Waals surface area contributed by atoms with Crippen molar-refractivity contribution in [2.45, 2.75) is 18.9 Å². The number of hydrogen-bond acceptors (Lipinski definition) is 3. The summed E-state index contributed by atoms with van der Waals surface area (Å²) in [5, 5.41) is 0. The summed E-state index contributed by atoms with van der Waals surface area (Å²) in [4.78, 5) is 16.0. The zero-order valence-electron chi connectivity index (χ0n) is 8.09. The third-order valence-electron chi connectivity index (χ3n) is 1.44. The maximum absolute atomic E-state index is 9.81. The molecule has 1 fully saturated rings. The summed E-state index contributed by atoms with van der Waals surface area (Å²) < 4.78 is 19.0. The molecule has 0 saturated carbocycles. The Bertz CT molecular complexity index is 177. The first-order chi connectivity index (χ1) is 6.56. The van der Waals surface area contributed by atoms with Crippen molar-refractivity contribution in [3.05, 3.63) is 12.7 Å². The SMILES string of the molecule is C1CC[SiH2]OC1.C=CCOP(=O)(O)O. The van der Waals surface area contributed by atoms with Crippen LogP contribution in [0.3, 0.4) is 0 Å². The van der Waals surface area contributed by atoms with Crippen LogP contribution in [-0.4, -0.2) is 32.8 Å². The Labute approximate surface area is 86.3 Å². The van der Waals surface area contributed by atoms with Gasteiger partial charge in [0, 0.05) is 6.61 Å². The highest BCUT2D eigenvalue weighted by molar-refractivity contribution is 7.46. The average Bonchev–Trinajstić information content (AvgIpc) is 2.17. The fraction of sp³-hybridized carbons (Fsp3) is 0.714. The molecule has 0 amide bonds. The lowest BCUT2D eigenvalue weighted by Gasteiger charge is -2.07. The number of phosphoric ester groups is 1. The van der Waals surface area contributed by atoms with Crippen molar-refractivity contribution in [3.8, 4) is 0 Å². The molecule has 1 saturated heterocycles. The standard InChI is InChI=1S/C4H10OSi.C3H7O4P/c1-2-4-6-5-3-1;1-2-3-7-8(4,5)6/h1-4,6H2;2H,1,3H2,(H2,4,5,6). The summed E-state index contributed by atoms with van der Waals surface area (Å²) in [5.74, 6) is 0. The predicted octanol–water partition coefficient (Wildman–Crippen LogP) is 0.581. The van der Waals surface area contributed by atoms with Gasteiger partial charge in [-0.25, -0.2) is 4.57 Å². The van der Waals surface area contributed by atoms with Crippen molar-refractivity contribution < 1.29 is 23.3 Å². The molecule has 0 atom stereocenters. The van der Waals surface area contributed by atoms with Gasteiger partial charge < -0.3 is 14.2 Å². The van der Waals surface area contributed by atoms with E-state index in [1.54, 1.807) is 0 Å². The van der Waals surface area contributed by atoms with Crippen molar-refractivity contribution in [2.24, 2.45) is 0 Å². The van der Waals surface area contributed by atoms with Gasteiger partial charge in [0.05, 0.1) is 6.61 Å². The third kappa shape index (κ3) is 12.0. The van der Waals surface area contributed by atoms with Crippen LogP contribution >= 0.6 is 7.82 Å². The highest BCUT2D eigenvalue weighted by atomic mass is 31.2. The monoisotopic (exact) mass is 240 g/mol. The lowest BCUT2D eigenvalue weighted by Crippen LogP contribution is -2.06. The molecule has 1 heterocycles. The van der Waals surface area contributed by atoms with E-state index in [0.29, 0.717) is 0 Å². The third-order valence-corrected chi connectivity index (χ3v) is 3.29. The number of phosphoric acid groups is 1. The smallest absolute Gasteiger partial charge is 0.424 e. The van der Waals surface area contributed by atoms with Crippen LogP contribution in [0, 0.1) is 0 Å². The fourth-order valence-electron chi connectivity index (χ4n) is 0.837. The summed E-state index contributed by atoms with van der Waals surface area (Å²) in [5.41, 5.74) is 0. The molecule has 7 heteroatoms. The first-order valence-electron chi connectivity index (χ1n) is 4.45. The van der Waals surface area contributed by atoms with Gasteiger partial charge in [-0.2, -0.15) is 0 Å². The van der Waals surface area contributed by atoms with Crippen LogP contribution in [0.2, 0.25) is 6.04 Å². The minimum atomic E-state index is -4.25. The maximum atomic E-state index is 9.81. The van der Waals surface area contributed by atoms with E-state index in [-0.39, 0.29) is 16.4 Å². The van der Waals surface area contributed by atoms with E-state index >= 15 is 0 Å². The van der Waals surface area contributed by atoms with Crippen LogP contribution in [-0.2, 0) is 13.5 Å². The van der Waals surface area contributed by atoms with Gasteiger partial charge >= 0.3 is 7.82 Å². The van der Waals surface area contributed by atoms with Crippen molar-refractivity contribution >= 4 is 17.6 Å². The Balaban J connectivity index is 0.000000249. The lowest BCUT2D eigenvalue weighted by atomic mass is 10.4. The van der Waals surface area contributed by atoms with E-state index in [2.05, 4.69) is 11.1 Å². The van der Waals surface area contributed by atoms with Crippen molar-refractivity contribution in [2.75, 3.05) is 13.2 Å². The van der Waals surface area contributed by atoms with Crippen LogP contribution in [0.1, 0.15) is 12.8 Å². The predicted molar refractivity (Wildman–Crippen MR) is 56.7 cm³/mol. The van der Waals surface area contributed by atoms with Crippen LogP contribution in [0.15, 0.2) is 12.7 Å². The summed E-state index contributed by atoms with van der Waals surface area (Å²) in [6.45, 7) is 4.14. The van der Waals surface area contributed by atoms with E-state index in [1.165, 1.54) is 25.0 Å². The average molecular weight is 240 g/mol. The normalized spacial score (nSPS) is 18.4. The minimum absolute atomic E-state index is 0.00849. The van der Waals surface area contributed by atoms with Gasteiger partial charge in [0.1, 0.15) is 0 Å². The zero-order valence-corrected chi connectivity index (χ0v) is 10.4. The first kappa shape index (κ1) is 14.0. The van der Waals surface area contributed by atoms with Crippen LogP contribution in [0.4, 0.5) is 0 Å². The molecule has 14 heavy (non-hydrogen) atoms. The molecular weight excluding hydrogens is 223 g/mol. The summed E-state index contributed by atoms with van der Waals surface area (Å²) in [6.07, 6.45) is 4.01. The van der Waals surface area contributed by atoms with E-state index in [1.807, 2.05) is 0 Å². The Morgan fingerprint density at radius 3 is 2.43 bits per heavy atom. The molecule has 0 aliphatic carbocycles. The second-order valence-corrected chi connectivity index (χ2v) is 5.51. The number of hydrogen-bond donors (Lipinski definition) is 2. The van der Waals surface area contributed by atoms with E-state index < -0.39 is 7.82 Å². The molecule has 0 aromatic rings. The number of rotatable bonds is 3. The Hall–Kier alpha value is 0.0269. The summed E-state index contributed by atoms with van der Waals surface area (Å²) in [7, 11) is -4.24. The largest absolute Gasteiger partial charge is 0.469 e. The Morgan fingerprint density at radius 1 is 1.57 bits per heavy atom. The molecule has 1 rings (SSSR count). The van der Waals surface area contributed by atoms with Gasteiger partial charge in [0.2, 0.25) is 0 Å². The molecular formula is C7H17O5PSi. The molecule has 0 unspecified atom stereocenters. The van der Waals surface area contributed by atoms with Gasteiger partial charge in [-0.3, -0.25) is 4.52 Å². The van der Waals surface area contributed by atoms with Gasteiger partial charge in [-0.05, 0) is 12.5 Å². The topological polar surface area (TPSA) is 76.0 Å². The van der Waals surface area contributed by atoms with Crippen molar-refractivity contribution in [1.82, 2.24) is 0 Å². The molecule has 0 aromatic heterocycles. The summed E-state index contributed by atoms with van der Waals surface area (Å²) >= 11 is 0. The van der Waals surface area contributed by atoms with Crippen LogP contribution in [0.5, 0.6) is 0 Å². The van der Waals surface area contributed by atoms with Gasteiger partial charge in [0.15, 0.2) is 9.76 Å². The zero-order chi connectivity index (χ0) is 10.9. The fourth-order valence-corrected chi connectivity index (χ4v) is 2.31. The van der Waals surface area contributed by atoms with Gasteiger partial charge in [-0.15, -0.1) is 6.58 Å². The second-order valence-electron chi connectivity index (χ2n) is 2.75. The van der Waals surface area contributed by atoms with Gasteiger partial charge in [-0.1, -0.05) is 12.5 Å². The lowest BCUT2D eigenvalue weighted by molar-refractivity contribution is 0.216. The minimum Gasteiger partial charge on any atom is -0.424 e. The summed E-state index contributed by atoms with van der Waals surface area (Å²) in [6, 6.07) is 1.42. The van der Waals surface area contributed by atoms with Crippen molar-refractivity contribution in [3.63, 3.8) is 0 Å². The highest BCUT2D eigenvalue weighted by Crippen LogP contribution is 2.35. The second kappa shape index (κ2) is 8.34. The molecule has 2 N–H and O–H groups in total. The van der Waals surface area contributed by atoms with Crippen molar-refractivity contribution in [1.29, 1.82) is 0 Å². The van der Waals surface area contributed by atoms with E-state index in [9.17, 15) is 4.57 Å². The molecule has 84 valence electrons. The highest BCUT2D eigenvalue weighted by Gasteiger charge is 2.10. The van der Waals surface area contributed by atoms with E-state index in [4.69, 9.17) is 14.2 Å². The van der Waals surface area contributed by atoms with Gasteiger partial charge in [0.25, 0.3) is 0 Å². The molecule has 0 aromatic carbocycles. The molecule has 0 bridgehead atoms. The van der Waals surface area contributed by atoms with E-state index in [0.717, 1.165) is 6.61 Å². The Kier molecular flexibility index (Phi) is 8.36. The van der Waals surface area contributed by atoms with Crippen LogP contribution in [0.25, 0.3) is 0 Å². The molecule has 5 nitrogen and oxygen atoms in total. The first-order valence-corrected chi connectivity index (χ1v) is 7.56.